The van der Waals surface area contributed by atoms with Crippen molar-refractivity contribution in [3.8, 4) is 5.75 Å². The van der Waals surface area contributed by atoms with E-state index in [1.165, 1.54) is 12.1 Å². The number of hydrogen-bond donors (Lipinski definition) is 0. The first-order chi connectivity index (χ1) is 11.2. The smallest absolute Gasteiger partial charge is 0.365 e. The molecule has 0 saturated heterocycles. The molecule has 3 rings (SSSR count). The largest absolute Gasteiger partial charge is 0.497 e. The van der Waals surface area contributed by atoms with Gasteiger partial charge in [-0.25, -0.2) is 9.18 Å². The van der Waals surface area contributed by atoms with Gasteiger partial charge in [-0.15, -0.1) is 11.8 Å². The minimum absolute atomic E-state index is 0.333. The molecule has 1 aliphatic heterocycles. The Hall–Kier alpha value is -2.34. The van der Waals surface area contributed by atoms with E-state index in [-0.39, 0.29) is 5.82 Å². The average Bonchev–Trinajstić information content (AvgIpc) is 2.59. The van der Waals surface area contributed by atoms with Crippen LogP contribution in [0.5, 0.6) is 5.75 Å². The fourth-order valence-corrected chi connectivity index (χ4v) is 3.23. The number of fused-ring (bicyclic) bond motifs is 1. The number of nitrogens with zero attached hydrogens (tertiary/aromatic N) is 1. The van der Waals surface area contributed by atoms with Crippen molar-refractivity contribution in [3.63, 3.8) is 0 Å². The van der Waals surface area contributed by atoms with Gasteiger partial charge in [0, 0.05) is 22.6 Å². The summed E-state index contributed by atoms with van der Waals surface area (Å²) in [5.74, 6) is 0.579. The molecule has 0 spiro atoms. The topological polar surface area (TPSA) is 47.9 Å². The summed E-state index contributed by atoms with van der Waals surface area (Å²) in [7, 11) is 1.55. The molecule has 0 N–H and O–H groups in total. The van der Waals surface area contributed by atoms with Crippen LogP contribution in [0.4, 0.5) is 4.39 Å². The van der Waals surface area contributed by atoms with Gasteiger partial charge in [-0.1, -0.05) is 5.16 Å². The van der Waals surface area contributed by atoms with Gasteiger partial charge in [0.15, 0.2) is 0 Å². The predicted octanol–water partition coefficient (Wildman–Crippen LogP) is 3.89. The minimum atomic E-state index is -0.559. The molecule has 0 bridgehead atoms. The van der Waals surface area contributed by atoms with Crippen molar-refractivity contribution >= 4 is 23.4 Å². The summed E-state index contributed by atoms with van der Waals surface area (Å²) in [4.78, 5) is 18.0. The highest BCUT2D eigenvalue weighted by atomic mass is 32.2. The molecule has 1 aliphatic rings. The highest BCUT2D eigenvalue weighted by Crippen LogP contribution is 2.30. The summed E-state index contributed by atoms with van der Waals surface area (Å²) in [6.45, 7) is 0. The molecule has 0 aromatic heterocycles. The fourth-order valence-electron chi connectivity index (χ4n) is 2.22. The van der Waals surface area contributed by atoms with E-state index >= 15 is 0 Å². The molecule has 0 saturated carbocycles. The normalized spacial score (nSPS) is 15.1. The molecule has 2 aromatic carbocycles. The lowest BCUT2D eigenvalue weighted by molar-refractivity contribution is 0.0515. The summed E-state index contributed by atoms with van der Waals surface area (Å²) in [6, 6.07) is 11.1. The van der Waals surface area contributed by atoms with Crippen molar-refractivity contribution in [2.45, 2.75) is 11.3 Å². The summed E-state index contributed by atoms with van der Waals surface area (Å²) in [5, 5.41) is 3.94. The number of rotatable bonds is 3. The van der Waals surface area contributed by atoms with E-state index in [9.17, 15) is 9.18 Å². The van der Waals surface area contributed by atoms with Crippen LogP contribution in [0.3, 0.4) is 0 Å². The molecule has 0 unspecified atom stereocenters. The Labute approximate surface area is 137 Å². The van der Waals surface area contributed by atoms with Crippen LogP contribution in [-0.2, 0) is 4.84 Å². The standard InChI is InChI=1S/C17H14FNO3S/c1-21-13-5-2-11(3-6-13)17(20)22-19-15-8-9-23-16-7-4-12(18)10-14(15)16/h2-7,10H,8-9H2,1H3. The monoisotopic (exact) mass is 331 g/mol. The molecule has 0 radical (unpaired) electrons. The number of carbonyl (C=O) groups is 1. The maximum absolute atomic E-state index is 13.4. The summed E-state index contributed by atoms with van der Waals surface area (Å²) >= 11 is 1.63. The van der Waals surface area contributed by atoms with Crippen LogP contribution in [0.1, 0.15) is 22.3 Å². The predicted molar refractivity (Wildman–Crippen MR) is 86.7 cm³/mol. The molecule has 2 aromatic rings. The van der Waals surface area contributed by atoms with E-state index in [4.69, 9.17) is 9.57 Å². The van der Waals surface area contributed by atoms with Crippen LogP contribution in [0, 0.1) is 5.82 Å². The molecule has 0 atom stereocenters. The van der Waals surface area contributed by atoms with Crippen molar-refractivity contribution < 1.29 is 18.8 Å². The van der Waals surface area contributed by atoms with Crippen LogP contribution in [-0.4, -0.2) is 24.5 Å². The lowest BCUT2D eigenvalue weighted by Crippen LogP contribution is -2.12. The summed E-state index contributed by atoms with van der Waals surface area (Å²) in [5.41, 5.74) is 1.64. The van der Waals surface area contributed by atoms with Gasteiger partial charge in [0.05, 0.1) is 18.4 Å². The van der Waals surface area contributed by atoms with Gasteiger partial charge in [-0.2, -0.15) is 0 Å². The molecule has 4 nitrogen and oxygen atoms in total. The van der Waals surface area contributed by atoms with Crippen LogP contribution < -0.4 is 4.74 Å². The van der Waals surface area contributed by atoms with E-state index in [2.05, 4.69) is 5.16 Å². The van der Waals surface area contributed by atoms with E-state index in [0.29, 0.717) is 29.0 Å². The third-order valence-corrected chi connectivity index (χ3v) is 4.49. The summed E-state index contributed by atoms with van der Waals surface area (Å²) < 4.78 is 18.5. The van der Waals surface area contributed by atoms with E-state index in [1.807, 2.05) is 0 Å². The lowest BCUT2D eigenvalue weighted by atomic mass is 10.1. The Morgan fingerprint density at radius 1 is 1.22 bits per heavy atom. The number of oxime groups is 1. The van der Waals surface area contributed by atoms with Gasteiger partial charge in [-0.05, 0) is 42.5 Å². The van der Waals surface area contributed by atoms with Crippen molar-refractivity contribution in [1.29, 1.82) is 0 Å². The third kappa shape index (κ3) is 3.53. The molecular formula is C17H14FNO3S. The lowest BCUT2D eigenvalue weighted by Gasteiger charge is -2.16. The van der Waals surface area contributed by atoms with Gasteiger partial charge >= 0.3 is 5.97 Å². The van der Waals surface area contributed by atoms with Crippen molar-refractivity contribution in [1.82, 2.24) is 0 Å². The van der Waals surface area contributed by atoms with E-state index in [0.717, 1.165) is 10.6 Å². The molecule has 1 heterocycles. The molecule has 118 valence electrons. The Morgan fingerprint density at radius 3 is 2.74 bits per heavy atom. The van der Waals surface area contributed by atoms with Crippen molar-refractivity contribution in [2.75, 3.05) is 12.9 Å². The van der Waals surface area contributed by atoms with Crippen LogP contribution in [0.25, 0.3) is 0 Å². The van der Waals surface area contributed by atoms with Gasteiger partial charge in [0.1, 0.15) is 11.6 Å². The van der Waals surface area contributed by atoms with Gasteiger partial charge < -0.3 is 9.57 Å². The number of halogens is 1. The number of hydrogen-bond acceptors (Lipinski definition) is 5. The first kappa shape index (κ1) is 15.6. The fraction of sp³-hybridized carbons (Fsp3) is 0.176. The Kier molecular flexibility index (Phi) is 4.62. The minimum Gasteiger partial charge on any atom is -0.497 e. The number of carbonyl (C=O) groups excluding carboxylic acids is 1. The van der Waals surface area contributed by atoms with Crippen LogP contribution >= 0.6 is 11.8 Å². The zero-order valence-corrected chi connectivity index (χ0v) is 13.2. The Bertz CT molecular complexity index is 759. The van der Waals surface area contributed by atoms with Crippen LogP contribution in [0.15, 0.2) is 52.5 Å². The zero-order chi connectivity index (χ0) is 16.2. The molecule has 6 heteroatoms. The third-order valence-electron chi connectivity index (χ3n) is 3.41. The molecule has 0 amide bonds. The summed E-state index contributed by atoms with van der Waals surface area (Å²) in [6.07, 6.45) is 0.622. The number of methoxy groups -OCH3 is 1. The van der Waals surface area contributed by atoms with Crippen molar-refractivity contribution in [2.24, 2.45) is 5.16 Å². The number of ether oxygens (including phenoxy) is 1. The zero-order valence-electron chi connectivity index (χ0n) is 12.4. The molecular weight excluding hydrogens is 317 g/mol. The first-order valence-electron chi connectivity index (χ1n) is 7.02. The van der Waals surface area contributed by atoms with Crippen molar-refractivity contribution in [3.05, 3.63) is 59.4 Å². The quantitative estimate of drug-likeness (QED) is 0.632. The van der Waals surface area contributed by atoms with Gasteiger partial charge in [0.25, 0.3) is 0 Å². The SMILES string of the molecule is COc1ccc(C(=O)ON=C2CCSc3ccc(F)cc32)cc1. The highest BCUT2D eigenvalue weighted by molar-refractivity contribution is 7.99. The van der Waals surface area contributed by atoms with Crippen LogP contribution in [0.2, 0.25) is 0 Å². The second-order valence-electron chi connectivity index (χ2n) is 4.88. The second-order valence-corrected chi connectivity index (χ2v) is 6.02. The highest BCUT2D eigenvalue weighted by Gasteiger charge is 2.18. The molecule has 0 fully saturated rings. The number of benzene rings is 2. The molecule has 23 heavy (non-hydrogen) atoms. The number of thioether (sulfide) groups is 1. The van der Waals surface area contributed by atoms with Gasteiger partial charge in [0.2, 0.25) is 0 Å². The molecule has 0 aliphatic carbocycles. The van der Waals surface area contributed by atoms with E-state index < -0.39 is 5.97 Å². The maximum Gasteiger partial charge on any atom is 0.365 e. The first-order valence-corrected chi connectivity index (χ1v) is 8.01. The average molecular weight is 331 g/mol. The second kappa shape index (κ2) is 6.83. The van der Waals surface area contributed by atoms with Gasteiger partial charge in [-0.3, -0.25) is 0 Å². The Morgan fingerprint density at radius 2 is 2.00 bits per heavy atom. The van der Waals surface area contributed by atoms with E-state index in [1.54, 1.807) is 49.2 Å². The Balaban J connectivity index is 1.78. The maximum atomic E-state index is 13.4.